The predicted octanol–water partition coefficient (Wildman–Crippen LogP) is 2.29. The third-order valence-electron chi connectivity index (χ3n) is 5.67. The molecule has 2 bridgehead atoms. The topological polar surface area (TPSA) is 59.0 Å². The summed E-state index contributed by atoms with van der Waals surface area (Å²) in [7, 11) is 1.89. The molecule has 6 heteroatoms. The number of nitrogens with one attached hydrogen (secondary N) is 2. The van der Waals surface area contributed by atoms with Crippen molar-refractivity contribution in [1.29, 1.82) is 0 Å². The van der Waals surface area contributed by atoms with E-state index in [1.165, 1.54) is 18.9 Å². The second-order valence-electron chi connectivity index (χ2n) is 7.47. The number of hydrogen-bond acceptors (Lipinski definition) is 3. The first-order valence-electron chi connectivity index (χ1n) is 9.22. The minimum atomic E-state index is -0.302. The molecule has 1 aromatic carbocycles. The predicted molar refractivity (Wildman–Crippen MR) is 94.7 cm³/mol. The second-order valence-corrected chi connectivity index (χ2v) is 7.47. The SMILES string of the molecule is Cn1c(CCNC(=O)CC2CC3CCC(C2)N3)nc2c(F)cccc21. The van der Waals surface area contributed by atoms with Crippen molar-refractivity contribution in [2.45, 2.75) is 50.6 Å². The zero-order valence-electron chi connectivity index (χ0n) is 14.6. The maximum Gasteiger partial charge on any atom is 0.220 e. The van der Waals surface area contributed by atoms with E-state index in [1.807, 2.05) is 17.7 Å². The zero-order chi connectivity index (χ0) is 17.4. The Hall–Kier alpha value is -1.95. The van der Waals surface area contributed by atoms with Gasteiger partial charge in [0.1, 0.15) is 11.3 Å². The Bertz CT molecular complexity index is 775. The third-order valence-corrected chi connectivity index (χ3v) is 5.67. The van der Waals surface area contributed by atoms with Crippen LogP contribution in [0.1, 0.15) is 37.9 Å². The molecule has 2 aliphatic rings. The number of aryl methyl sites for hydroxylation is 1. The van der Waals surface area contributed by atoms with Gasteiger partial charge >= 0.3 is 0 Å². The highest BCUT2D eigenvalue weighted by Gasteiger charge is 2.34. The number of carbonyl (C=O) groups excluding carboxylic acids is 1. The molecular weight excluding hydrogens is 319 g/mol. The number of halogens is 1. The van der Waals surface area contributed by atoms with Crippen LogP contribution >= 0.6 is 0 Å². The standard InChI is InChI=1S/C19H25FN4O/c1-24-16-4-2-3-15(20)19(16)23-17(24)7-8-21-18(25)11-12-9-13-5-6-14(10-12)22-13/h2-4,12-14,22H,5-11H2,1H3,(H,21,25). The fourth-order valence-electron chi connectivity index (χ4n) is 4.44. The third kappa shape index (κ3) is 3.40. The number of hydrogen-bond donors (Lipinski definition) is 2. The van der Waals surface area contributed by atoms with Crippen molar-refractivity contribution >= 4 is 16.9 Å². The Morgan fingerprint density at radius 2 is 2.12 bits per heavy atom. The van der Waals surface area contributed by atoms with E-state index in [0.717, 1.165) is 24.2 Å². The molecule has 4 rings (SSSR count). The number of rotatable bonds is 5. The van der Waals surface area contributed by atoms with E-state index < -0.39 is 0 Å². The number of para-hydroxylation sites is 1. The fraction of sp³-hybridized carbons (Fsp3) is 0.579. The summed E-state index contributed by atoms with van der Waals surface area (Å²) >= 11 is 0. The summed E-state index contributed by atoms with van der Waals surface area (Å²) in [5.41, 5.74) is 1.18. The van der Waals surface area contributed by atoms with Crippen molar-refractivity contribution < 1.29 is 9.18 Å². The first-order chi connectivity index (χ1) is 12.1. The summed E-state index contributed by atoms with van der Waals surface area (Å²) in [6, 6.07) is 6.21. The molecule has 25 heavy (non-hydrogen) atoms. The number of benzene rings is 1. The molecule has 2 N–H and O–H groups in total. The van der Waals surface area contributed by atoms with Gasteiger partial charge in [0.15, 0.2) is 5.82 Å². The average Bonchev–Trinajstić information content (AvgIpc) is 3.09. The molecule has 0 aliphatic carbocycles. The van der Waals surface area contributed by atoms with Gasteiger partial charge in [-0.1, -0.05) is 6.07 Å². The van der Waals surface area contributed by atoms with E-state index in [4.69, 9.17) is 0 Å². The van der Waals surface area contributed by atoms with Crippen LogP contribution in [0, 0.1) is 11.7 Å². The lowest BCUT2D eigenvalue weighted by molar-refractivity contribution is -0.122. The first-order valence-corrected chi connectivity index (χ1v) is 9.22. The van der Waals surface area contributed by atoms with E-state index >= 15 is 0 Å². The largest absolute Gasteiger partial charge is 0.356 e. The van der Waals surface area contributed by atoms with Gasteiger partial charge in [-0.25, -0.2) is 9.37 Å². The molecule has 2 unspecified atom stereocenters. The molecular formula is C19H25FN4O. The summed E-state index contributed by atoms with van der Waals surface area (Å²) in [5, 5.41) is 6.62. The maximum absolute atomic E-state index is 13.8. The molecule has 2 atom stereocenters. The quantitative estimate of drug-likeness (QED) is 0.875. The molecule has 0 spiro atoms. The van der Waals surface area contributed by atoms with Gasteiger partial charge in [0.2, 0.25) is 5.91 Å². The van der Waals surface area contributed by atoms with Gasteiger partial charge in [-0.15, -0.1) is 0 Å². The Balaban J connectivity index is 1.30. The Morgan fingerprint density at radius 3 is 2.84 bits per heavy atom. The van der Waals surface area contributed by atoms with Gasteiger partial charge in [0.25, 0.3) is 0 Å². The number of imidazole rings is 1. The number of fused-ring (bicyclic) bond motifs is 3. The molecule has 3 heterocycles. The molecule has 2 fully saturated rings. The number of piperidine rings is 1. The van der Waals surface area contributed by atoms with Crippen LogP contribution < -0.4 is 10.6 Å². The van der Waals surface area contributed by atoms with E-state index in [-0.39, 0.29) is 11.7 Å². The minimum absolute atomic E-state index is 0.122. The van der Waals surface area contributed by atoms with Gasteiger partial charge < -0.3 is 15.2 Å². The van der Waals surface area contributed by atoms with E-state index in [1.54, 1.807) is 6.07 Å². The van der Waals surface area contributed by atoms with Gasteiger partial charge in [-0.3, -0.25) is 4.79 Å². The molecule has 1 aromatic heterocycles. The van der Waals surface area contributed by atoms with Crippen LogP contribution in [0.5, 0.6) is 0 Å². The molecule has 0 saturated carbocycles. The number of amides is 1. The van der Waals surface area contributed by atoms with Crippen molar-refractivity contribution in [2.24, 2.45) is 13.0 Å². The average molecular weight is 344 g/mol. The summed E-state index contributed by atoms with van der Waals surface area (Å²) in [5.74, 6) is 1.11. The lowest BCUT2D eigenvalue weighted by Crippen LogP contribution is -2.39. The summed E-state index contributed by atoms with van der Waals surface area (Å²) in [6.07, 6.45) is 5.97. The van der Waals surface area contributed by atoms with Crippen LogP contribution in [0.25, 0.3) is 11.0 Å². The Kier molecular flexibility index (Phi) is 4.46. The molecule has 2 aromatic rings. The molecule has 0 radical (unpaired) electrons. The summed E-state index contributed by atoms with van der Waals surface area (Å²) < 4.78 is 15.7. The summed E-state index contributed by atoms with van der Waals surface area (Å²) in [4.78, 5) is 16.6. The maximum atomic E-state index is 13.8. The Morgan fingerprint density at radius 1 is 1.36 bits per heavy atom. The molecule has 2 saturated heterocycles. The van der Waals surface area contributed by atoms with Crippen LogP contribution in [0.4, 0.5) is 4.39 Å². The fourth-order valence-corrected chi connectivity index (χ4v) is 4.44. The van der Waals surface area contributed by atoms with Crippen molar-refractivity contribution in [3.05, 3.63) is 29.8 Å². The number of aromatic nitrogens is 2. The van der Waals surface area contributed by atoms with E-state index in [2.05, 4.69) is 15.6 Å². The van der Waals surface area contributed by atoms with E-state index in [9.17, 15) is 9.18 Å². The van der Waals surface area contributed by atoms with Gasteiger partial charge in [-0.05, 0) is 43.7 Å². The molecule has 134 valence electrons. The van der Waals surface area contributed by atoms with Crippen LogP contribution in [-0.2, 0) is 18.3 Å². The minimum Gasteiger partial charge on any atom is -0.356 e. The highest BCUT2D eigenvalue weighted by atomic mass is 19.1. The van der Waals surface area contributed by atoms with Crippen LogP contribution in [0.2, 0.25) is 0 Å². The summed E-state index contributed by atoms with van der Waals surface area (Å²) in [6.45, 7) is 0.537. The second kappa shape index (κ2) is 6.75. The van der Waals surface area contributed by atoms with Crippen molar-refractivity contribution in [3.63, 3.8) is 0 Å². The smallest absolute Gasteiger partial charge is 0.220 e. The van der Waals surface area contributed by atoms with Gasteiger partial charge in [0, 0.05) is 38.5 Å². The van der Waals surface area contributed by atoms with Gasteiger partial charge in [-0.2, -0.15) is 0 Å². The van der Waals surface area contributed by atoms with Crippen molar-refractivity contribution in [3.8, 4) is 0 Å². The molecule has 5 nitrogen and oxygen atoms in total. The van der Waals surface area contributed by atoms with Crippen LogP contribution in [0.3, 0.4) is 0 Å². The Labute approximate surface area is 147 Å². The van der Waals surface area contributed by atoms with E-state index in [0.29, 0.717) is 42.9 Å². The van der Waals surface area contributed by atoms with Crippen molar-refractivity contribution in [1.82, 2.24) is 20.2 Å². The van der Waals surface area contributed by atoms with Crippen LogP contribution in [-0.4, -0.2) is 34.1 Å². The lowest BCUT2D eigenvalue weighted by atomic mass is 9.89. The number of nitrogens with zero attached hydrogens (tertiary/aromatic N) is 2. The van der Waals surface area contributed by atoms with Crippen LogP contribution in [0.15, 0.2) is 18.2 Å². The molecule has 1 amide bonds. The van der Waals surface area contributed by atoms with Gasteiger partial charge in [0.05, 0.1) is 5.52 Å². The molecule has 2 aliphatic heterocycles. The normalized spacial score (nSPS) is 25.4. The monoisotopic (exact) mass is 344 g/mol. The lowest BCUT2D eigenvalue weighted by Gasteiger charge is -2.28. The van der Waals surface area contributed by atoms with Crippen molar-refractivity contribution in [2.75, 3.05) is 6.54 Å². The first kappa shape index (κ1) is 16.5. The number of carbonyl (C=O) groups is 1. The highest BCUT2D eigenvalue weighted by molar-refractivity contribution is 5.77. The zero-order valence-corrected chi connectivity index (χ0v) is 14.6. The highest BCUT2D eigenvalue weighted by Crippen LogP contribution is 2.32.